The average molecular weight is 406 g/mol. The highest BCUT2D eigenvalue weighted by molar-refractivity contribution is 5.98. The summed E-state index contributed by atoms with van der Waals surface area (Å²) in [6.07, 6.45) is 0. The van der Waals surface area contributed by atoms with Crippen LogP contribution >= 0.6 is 0 Å². The second-order valence-electron chi connectivity index (χ2n) is 6.83. The van der Waals surface area contributed by atoms with E-state index in [1.54, 1.807) is 17.0 Å². The van der Waals surface area contributed by atoms with E-state index in [1.807, 2.05) is 37.3 Å². The van der Waals surface area contributed by atoms with Crippen molar-refractivity contribution in [3.05, 3.63) is 64.3 Å². The third kappa shape index (κ3) is 3.47. The summed E-state index contributed by atoms with van der Waals surface area (Å²) in [7, 11) is 3.03. The van der Waals surface area contributed by atoms with Crippen molar-refractivity contribution in [3.63, 3.8) is 0 Å². The topological polar surface area (TPSA) is 100 Å². The summed E-state index contributed by atoms with van der Waals surface area (Å²) in [5, 5.41) is 1.36. The van der Waals surface area contributed by atoms with Crippen LogP contribution in [-0.4, -0.2) is 46.5 Å². The van der Waals surface area contributed by atoms with Crippen molar-refractivity contribution in [1.82, 2.24) is 19.9 Å². The van der Waals surface area contributed by atoms with Gasteiger partial charge in [0.1, 0.15) is 11.5 Å². The van der Waals surface area contributed by atoms with Gasteiger partial charge in [0.05, 0.1) is 31.7 Å². The quantitative estimate of drug-likeness (QED) is 0.513. The number of nitrogens with one attached hydrogen (secondary N) is 2. The SMILES string of the molecule is CCN(Cc1nc2cc(OC)c(OC)cc2c(=O)[nH]1)C(=O)c1cc2ccccc2[nH]1. The number of methoxy groups -OCH3 is 2. The molecule has 8 heteroatoms. The fourth-order valence-corrected chi connectivity index (χ4v) is 3.46. The molecule has 0 aliphatic heterocycles. The Morgan fingerprint density at radius 3 is 2.50 bits per heavy atom. The van der Waals surface area contributed by atoms with Crippen LogP contribution in [0.1, 0.15) is 23.2 Å². The monoisotopic (exact) mass is 406 g/mol. The average Bonchev–Trinajstić information content (AvgIpc) is 3.20. The lowest BCUT2D eigenvalue weighted by Gasteiger charge is -2.19. The Morgan fingerprint density at radius 1 is 1.07 bits per heavy atom. The van der Waals surface area contributed by atoms with E-state index in [0.29, 0.717) is 40.5 Å². The van der Waals surface area contributed by atoms with Crippen LogP contribution in [0.4, 0.5) is 0 Å². The number of rotatable bonds is 6. The zero-order chi connectivity index (χ0) is 21.3. The molecule has 4 aromatic rings. The number of para-hydroxylation sites is 1. The van der Waals surface area contributed by atoms with Gasteiger partial charge in [0.15, 0.2) is 11.5 Å². The Bertz CT molecular complexity index is 1260. The third-order valence-electron chi connectivity index (χ3n) is 5.03. The van der Waals surface area contributed by atoms with Gasteiger partial charge in [-0.05, 0) is 25.1 Å². The molecule has 1 amide bonds. The van der Waals surface area contributed by atoms with Crippen molar-refractivity contribution >= 4 is 27.7 Å². The Kier molecular flexibility index (Phi) is 5.14. The van der Waals surface area contributed by atoms with Crippen LogP contribution in [0, 0.1) is 0 Å². The number of H-pyrrole nitrogens is 2. The number of nitrogens with zero attached hydrogens (tertiary/aromatic N) is 2. The fraction of sp³-hybridized carbons (Fsp3) is 0.227. The predicted octanol–water partition coefficient (Wildman–Crippen LogP) is 3.08. The molecule has 154 valence electrons. The van der Waals surface area contributed by atoms with Gasteiger partial charge in [-0.25, -0.2) is 4.98 Å². The number of carbonyl (C=O) groups is 1. The molecule has 2 N–H and O–H groups in total. The maximum atomic E-state index is 13.0. The zero-order valence-corrected chi connectivity index (χ0v) is 17.0. The molecule has 0 unspecified atom stereocenters. The molecule has 2 aromatic carbocycles. The normalized spacial score (nSPS) is 11.0. The van der Waals surface area contributed by atoms with E-state index in [0.717, 1.165) is 10.9 Å². The first-order valence-corrected chi connectivity index (χ1v) is 9.56. The summed E-state index contributed by atoms with van der Waals surface area (Å²) in [6, 6.07) is 12.8. The van der Waals surface area contributed by atoms with Crippen LogP contribution in [0.5, 0.6) is 11.5 Å². The minimum absolute atomic E-state index is 0.163. The second kappa shape index (κ2) is 7.90. The minimum atomic E-state index is -0.301. The Morgan fingerprint density at radius 2 is 1.80 bits per heavy atom. The molecule has 0 atom stereocenters. The number of hydrogen-bond donors (Lipinski definition) is 2. The summed E-state index contributed by atoms with van der Waals surface area (Å²) >= 11 is 0. The van der Waals surface area contributed by atoms with E-state index in [-0.39, 0.29) is 18.0 Å². The van der Waals surface area contributed by atoms with Crippen molar-refractivity contribution in [2.24, 2.45) is 0 Å². The standard InChI is InChI=1S/C22H22N4O4/c1-4-26(22(28)17-9-13-7-5-6-8-15(13)23-17)12-20-24-16-11-19(30-3)18(29-2)10-14(16)21(27)25-20/h5-11,23H,4,12H2,1-3H3,(H,24,25,27). The molecule has 0 saturated heterocycles. The van der Waals surface area contributed by atoms with E-state index in [4.69, 9.17) is 9.47 Å². The highest BCUT2D eigenvalue weighted by Crippen LogP contribution is 2.30. The Hall–Kier alpha value is -3.81. The molecule has 0 spiro atoms. The molecule has 0 aliphatic carbocycles. The number of carbonyl (C=O) groups excluding carboxylic acids is 1. The summed E-state index contributed by atoms with van der Waals surface area (Å²) in [4.78, 5) is 37.7. The molecule has 0 aliphatic rings. The first-order chi connectivity index (χ1) is 14.5. The molecule has 0 radical (unpaired) electrons. The van der Waals surface area contributed by atoms with Crippen LogP contribution < -0.4 is 15.0 Å². The molecule has 0 saturated carbocycles. The smallest absolute Gasteiger partial charge is 0.270 e. The molecular weight excluding hydrogens is 384 g/mol. The maximum absolute atomic E-state index is 13.0. The number of hydrogen-bond acceptors (Lipinski definition) is 5. The molecule has 30 heavy (non-hydrogen) atoms. The van der Waals surface area contributed by atoms with Crippen molar-refractivity contribution in [2.75, 3.05) is 20.8 Å². The fourth-order valence-electron chi connectivity index (χ4n) is 3.46. The number of amides is 1. The van der Waals surface area contributed by atoms with Gasteiger partial charge in [-0.2, -0.15) is 0 Å². The lowest BCUT2D eigenvalue weighted by molar-refractivity contribution is 0.0743. The zero-order valence-electron chi connectivity index (χ0n) is 17.0. The minimum Gasteiger partial charge on any atom is -0.493 e. The van der Waals surface area contributed by atoms with Crippen molar-refractivity contribution < 1.29 is 14.3 Å². The van der Waals surface area contributed by atoms with Gasteiger partial charge in [0.2, 0.25) is 0 Å². The molecule has 4 rings (SSSR count). The molecule has 2 heterocycles. The van der Waals surface area contributed by atoms with Gasteiger partial charge in [0.25, 0.3) is 11.5 Å². The lowest BCUT2D eigenvalue weighted by Crippen LogP contribution is -2.32. The second-order valence-corrected chi connectivity index (χ2v) is 6.83. The van der Waals surface area contributed by atoms with Gasteiger partial charge in [-0.1, -0.05) is 18.2 Å². The van der Waals surface area contributed by atoms with Crippen molar-refractivity contribution in [2.45, 2.75) is 13.5 Å². The lowest BCUT2D eigenvalue weighted by atomic mass is 10.2. The van der Waals surface area contributed by atoms with Gasteiger partial charge in [-0.15, -0.1) is 0 Å². The maximum Gasteiger partial charge on any atom is 0.270 e. The van der Waals surface area contributed by atoms with Crippen LogP contribution in [0.3, 0.4) is 0 Å². The number of ether oxygens (including phenoxy) is 2. The molecule has 2 aromatic heterocycles. The number of aromatic amines is 2. The van der Waals surface area contributed by atoms with Gasteiger partial charge < -0.3 is 24.3 Å². The van der Waals surface area contributed by atoms with Crippen molar-refractivity contribution in [3.8, 4) is 11.5 Å². The third-order valence-corrected chi connectivity index (χ3v) is 5.03. The number of benzene rings is 2. The van der Waals surface area contributed by atoms with Crippen LogP contribution in [-0.2, 0) is 6.54 Å². The Labute approximate surface area is 172 Å². The summed E-state index contributed by atoms with van der Waals surface area (Å²) in [5.74, 6) is 1.17. The molecule has 0 fully saturated rings. The van der Waals surface area contributed by atoms with Crippen LogP contribution in [0.15, 0.2) is 47.3 Å². The predicted molar refractivity (Wildman–Crippen MR) is 114 cm³/mol. The van der Waals surface area contributed by atoms with Gasteiger partial charge >= 0.3 is 0 Å². The number of aromatic nitrogens is 3. The highest BCUT2D eigenvalue weighted by atomic mass is 16.5. The van der Waals surface area contributed by atoms with Crippen molar-refractivity contribution in [1.29, 1.82) is 0 Å². The summed E-state index contributed by atoms with van der Waals surface area (Å²) < 4.78 is 10.6. The largest absolute Gasteiger partial charge is 0.493 e. The first kappa shape index (κ1) is 19.5. The number of fused-ring (bicyclic) bond motifs is 2. The van der Waals surface area contributed by atoms with E-state index in [1.165, 1.54) is 14.2 Å². The van der Waals surface area contributed by atoms with Crippen LogP contribution in [0.25, 0.3) is 21.8 Å². The van der Waals surface area contributed by atoms with E-state index in [2.05, 4.69) is 15.0 Å². The molecule has 0 bridgehead atoms. The van der Waals surface area contributed by atoms with E-state index < -0.39 is 0 Å². The van der Waals surface area contributed by atoms with Gasteiger partial charge in [0, 0.05) is 23.5 Å². The first-order valence-electron chi connectivity index (χ1n) is 9.56. The molecule has 8 nitrogen and oxygen atoms in total. The van der Waals surface area contributed by atoms with E-state index in [9.17, 15) is 9.59 Å². The highest BCUT2D eigenvalue weighted by Gasteiger charge is 2.19. The van der Waals surface area contributed by atoms with E-state index >= 15 is 0 Å². The summed E-state index contributed by atoms with van der Waals surface area (Å²) in [6.45, 7) is 2.51. The van der Waals surface area contributed by atoms with Crippen LogP contribution in [0.2, 0.25) is 0 Å². The van der Waals surface area contributed by atoms with Gasteiger partial charge in [-0.3, -0.25) is 9.59 Å². The Balaban J connectivity index is 1.67. The molecular formula is C22H22N4O4. The summed E-state index contributed by atoms with van der Waals surface area (Å²) in [5.41, 5.74) is 1.56.